The number of methoxy groups -OCH3 is 1. The van der Waals surface area contributed by atoms with E-state index in [-0.39, 0.29) is 23.4 Å². The Balaban J connectivity index is 1.42. The van der Waals surface area contributed by atoms with Crippen LogP contribution in [0.15, 0.2) is 66.7 Å². The molecule has 36 heavy (non-hydrogen) atoms. The fraction of sp³-hybridized carbons (Fsp3) is 0.310. The van der Waals surface area contributed by atoms with Crippen molar-refractivity contribution in [1.82, 2.24) is 4.90 Å². The predicted octanol–water partition coefficient (Wildman–Crippen LogP) is 4.97. The number of hydrogen-bond acceptors (Lipinski definition) is 5. The number of anilines is 2. The minimum Gasteiger partial charge on any atom is -0.497 e. The van der Waals surface area contributed by atoms with E-state index in [0.717, 1.165) is 42.9 Å². The molecule has 0 bridgehead atoms. The van der Waals surface area contributed by atoms with Gasteiger partial charge in [0.1, 0.15) is 11.6 Å². The number of carbonyl (C=O) groups is 2. The zero-order chi connectivity index (χ0) is 25.7. The summed E-state index contributed by atoms with van der Waals surface area (Å²) < 4.78 is 18.5. The maximum Gasteiger partial charge on any atom is 0.258 e. The molecule has 3 aromatic carbocycles. The molecule has 1 aliphatic rings. The molecule has 0 unspecified atom stereocenters. The van der Waals surface area contributed by atoms with E-state index in [1.165, 1.54) is 12.1 Å². The summed E-state index contributed by atoms with van der Waals surface area (Å²) in [7, 11) is 1.61. The molecule has 2 N–H and O–H groups in total. The topological polar surface area (TPSA) is 75.9 Å². The van der Waals surface area contributed by atoms with Crippen LogP contribution in [0, 0.1) is 18.7 Å². The molecule has 188 valence electrons. The number of nitrogen functional groups attached to an aromatic ring is 1. The summed E-state index contributed by atoms with van der Waals surface area (Å²) in [5, 5.41) is 0. The lowest BCUT2D eigenvalue weighted by atomic mass is 9.89. The summed E-state index contributed by atoms with van der Waals surface area (Å²) in [5.74, 6) is 0.297. The lowest BCUT2D eigenvalue weighted by Gasteiger charge is -2.33. The van der Waals surface area contributed by atoms with Gasteiger partial charge in [-0.15, -0.1) is 0 Å². The van der Waals surface area contributed by atoms with Gasteiger partial charge in [-0.1, -0.05) is 0 Å². The first kappa shape index (κ1) is 25.4. The molecule has 1 saturated heterocycles. The maximum atomic E-state index is 13.5. The van der Waals surface area contributed by atoms with Crippen LogP contribution in [-0.2, 0) is 0 Å². The van der Waals surface area contributed by atoms with Gasteiger partial charge in [-0.2, -0.15) is 0 Å². The number of Topliss-reactive ketones (excluding diaryl/α,β-unsaturated/α-hetero) is 1. The first-order chi connectivity index (χ1) is 17.4. The molecule has 1 heterocycles. The highest BCUT2D eigenvalue weighted by atomic mass is 19.1. The van der Waals surface area contributed by atoms with Crippen molar-refractivity contribution in [3.8, 4) is 5.75 Å². The summed E-state index contributed by atoms with van der Waals surface area (Å²) in [5.41, 5.74) is 9.40. The number of piperidine rings is 1. The number of aryl methyl sites for hydroxylation is 1. The molecule has 1 fully saturated rings. The zero-order valence-electron chi connectivity index (χ0n) is 20.7. The van der Waals surface area contributed by atoms with Crippen molar-refractivity contribution in [3.05, 3.63) is 89.2 Å². The third kappa shape index (κ3) is 5.91. The predicted molar refractivity (Wildman–Crippen MR) is 140 cm³/mol. The van der Waals surface area contributed by atoms with Crippen LogP contribution in [0.3, 0.4) is 0 Å². The Labute approximate surface area is 211 Å². The first-order valence-corrected chi connectivity index (χ1v) is 12.2. The molecule has 6 nitrogen and oxygen atoms in total. The van der Waals surface area contributed by atoms with E-state index in [2.05, 4.69) is 4.90 Å². The number of halogens is 1. The Kier molecular flexibility index (Phi) is 8.00. The number of benzene rings is 3. The van der Waals surface area contributed by atoms with Gasteiger partial charge in [-0.3, -0.25) is 9.59 Å². The fourth-order valence-corrected chi connectivity index (χ4v) is 4.58. The standard InChI is InChI=1S/C29H32FN3O3/c1-20-19-23(5-12-27(20)31)29(35)33(25-8-10-26(36-2)11-9-25)18-17-32-15-13-22(14-16-32)28(34)21-3-6-24(30)7-4-21/h3-12,19,22H,13-18,31H2,1-2H3. The Morgan fingerprint density at radius 1 is 1.00 bits per heavy atom. The van der Waals surface area contributed by atoms with Crippen LogP contribution in [0.4, 0.5) is 15.8 Å². The van der Waals surface area contributed by atoms with Gasteiger partial charge in [-0.25, -0.2) is 4.39 Å². The number of amides is 1. The molecule has 3 aromatic rings. The molecular weight excluding hydrogens is 457 g/mol. The average Bonchev–Trinajstić information content (AvgIpc) is 2.91. The third-order valence-corrected chi connectivity index (χ3v) is 6.87. The van der Waals surface area contributed by atoms with E-state index < -0.39 is 0 Å². The number of ketones is 1. The van der Waals surface area contributed by atoms with Crippen molar-refractivity contribution in [2.75, 3.05) is 43.9 Å². The second-order valence-corrected chi connectivity index (χ2v) is 9.21. The van der Waals surface area contributed by atoms with Crippen molar-refractivity contribution in [2.24, 2.45) is 5.92 Å². The Hall–Kier alpha value is -3.71. The van der Waals surface area contributed by atoms with E-state index in [4.69, 9.17) is 10.5 Å². The van der Waals surface area contributed by atoms with Crippen molar-refractivity contribution >= 4 is 23.1 Å². The highest BCUT2D eigenvalue weighted by Gasteiger charge is 2.27. The third-order valence-electron chi connectivity index (χ3n) is 6.87. The van der Waals surface area contributed by atoms with Gasteiger partial charge in [0, 0.05) is 41.5 Å². The zero-order valence-corrected chi connectivity index (χ0v) is 20.7. The minimum atomic E-state index is -0.341. The molecule has 0 aliphatic carbocycles. The molecule has 0 aromatic heterocycles. The highest BCUT2D eigenvalue weighted by molar-refractivity contribution is 6.06. The number of likely N-dealkylation sites (tertiary alicyclic amines) is 1. The summed E-state index contributed by atoms with van der Waals surface area (Å²) in [4.78, 5) is 30.4. The van der Waals surface area contributed by atoms with Crippen molar-refractivity contribution < 1.29 is 18.7 Å². The number of nitrogens with two attached hydrogens (primary N) is 1. The monoisotopic (exact) mass is 489 g/mol. The molecular formula is C29H32FN3O3. The number of rotatable bonds is 8. The lowest BCUT2D eigenvalue weighted by molar-refractivity contribution is 0.0841. The molecule has 0 spiro atoms. The van der Waals surface area contributed by atoms with Gasteiger partial charge in [0.05, 0.1) is 7.11 Å². The SMILES string of the molecule is COc1ccc(N(CCN2CCC(C(=O)c3ccc(F)cc3)CC2)C(=O)c2ccc(N)c(C)c2)cc1. The van der Waals surface area contributed by atoms with Crippen LogP contribution in [0.2, 0.25) is 0 Å². The Morgan fingerprint density at radius 2 is 1.64 bits per heavy atom. The molecule has 1 amide bonds. The molecule has 7 heteroatoms. The van der Waals surface area contributed by atoms with E-state index in [0.29, 0.717) is 29.9 Å². The largest absolute Gasteiger partial charge is 0.497 e. The molecule has 0 radical (unpaired) electrons. The Morgan fingerprint density at radius 3 is 2.25 bits per heavy atom. The van der Waals surface area contributed by atoms with Crippen LogP contribution < -0.4 is 15.4 Å². The summed E-state index contributed by atoms with van der Waals surface area (Å²) in [6.45, 7) is 4.61. The van der Waals surface area contributed by atoms with Crippen molar-refractivity contribution in [3.63, 3.8) is 0 Å². The first-order valence-electron chi connectivity index (χ1n) is 12.2. The lowest BCUT2D eigenvalue weighted by Crippen LogP contribution is -2.42. The van der Waals surface area contributed by atoms with E-state index in [1.807, 2.05) is 37.3 Å². The number of ether oxygens (including phenoxy) is 1. The van der Waals surface area contributed by atoms with Crippen molar-refractivity contribution in [2.45, 2.75) is 19.8 Å². The highest BCUT2D eigenvalue weighted by Crippen LogP contribution is 2.25. The van der Waals surface area contributed by atoms with Gasteiger partial charge in [-0.05, 0) is 105 Å². The molecule has 0 saturated carbocycles. The normalized spacial score (nSPS) is 14.4. The number of nitrogens with zero attached hydrogens (tertiary/aromatic N) is 2. The quantitative estimate of drug-likeness (QED) is 0.357. The number of carbonyl (C=O) groups excluding carboxylic acids is 2. The van der Waals surface area contributed by atoms with E-state index >= 15 is 0 Å². The maximum absolute atomic E-state index is 13.5. The van der Waals surface area contributed by atoms with Crippen LogP contribution in [0.5, 0.6) is 5.75 Å². The fourth-order valence-electron chi connectivity index (χ4n) is 4.58. The van der Waals surface area contributed by atoms with Gasteiger partial charge >= 0.3 is 0 Å². The van der Waals surface area contributed by atoms with Gasteiger partial charge in [0.2, 0.25) is 0 Å². The second kappa shape index (κ2) is 11.4. The van der Waals surface area contributed by atoms with Crippen LogP contribution in [-0.4, -0.2) is 49.9 Å². The molecule has 1 aliphatic heterocycles. The Bertz CT molecular complexity index is 1200. The molecule has 4 rings (SSSR count). The second-order valence-electron chi connectivity index (χ2n) is 9.21. The average molecular weight is 490 g/mol. The van der Waals surface area contributed by atoms with Crippen LogP contribution in [0.25, 0.3) is 0 Å². The van der Waals surface area contributed by atoms with E-state index in [9.17, 15) is 14.0 Å². The smallest absolute Gasteiger partial charge is 0.258 e. The minimum absolute atomic E-state index is 0.0659. The van der Waals surface area contributed by atoms with Crippen LogP contribution in [0.1, 0.15) is 39.1 Å². The van der Waals surface area contributed by atoms with E-state index in [1.54, 1.807) is 36.3 Å². The number of hydrogen-bond donors (Lipinski definition) is 1. The van der Waals surface area contributed by atoms with Gasteiger partial charge in [0.25, 0.3) is 5.91 Å². The summed E-state index contributed by atoms with van der Waals surface area (Å²) >= 11 is 0. The summed E-state index contributed by atoms with van der Waals surface area (Å²) in [6.07, 6.45) is 1.48. The molecule has 0 atom stereocenters. The van der Waals surface area contributed by atoms with Gasteiger partial charge in [0.15, 0.2) is 5.78 Å². The summed E-state index contributed by atoms with van der Waals surface area (Å²) in [6, 6.07) is 18.6. The van der Waals surface area contributed by atoms with Crippen LogP contribution >= 0.6 is 0 Å². The van der Waals surface area contributed by atoms with Gasteiger partial charge < -0.3 is 20.3 Å². The van der Waals surface area contributed by atoms with Crippen molar-refractivity contribution in [1.29, 1.82) is 0 Å².